The Morgan fingerprint density at radius 1 is 0.650 bits per heavy atom. The van der Waals surface area contributed by atoms with E-state index < -0.39 is 0 Å². The highest BCUT2D eigenvalue weighted by atomic mass is 16.6. The summed E-state index contributed by atoms with van der Waals surface area (Å²) in [7, 11) is 0. The molecule has 7 rings (SSSR count). The second-order valence-corrected chi connectivity index (χ2v) is 10.9. The Labute approximate surface area is 240 Å². The highest BCUT2D eigenvalue weighted by Crippen LogP contribution is 2.35. The van der Waals surface area contributed by atoms with Crippen LogP contribution in [0.1, 0.15) is 46.1 Å². The molecule has 0 aliphatic carbocycles. The van der Waals surface area contributed by atoms with Crippen LogP contribution in [0.5, 0.6) is 0 Å². The fourth-order valence-electron chi connectivity index (χ4n) is 6.68. The van der Waals surface area contributed by atoms with Gasteiger partial charge in [-0.2, -0.15) is 0 Å². The maximum absolute atomic E-state index is 12.4. The van der Waals surface area contributed by atoms with Gasteiger partial charge in [-0.1, -0.05) is 81.6 Å². The van der Waals surface area contributed by atoms with Gasteiger partial charge in [-0.05, 0) is 55.5 Å². The fraction of sp³-hybridized carbons (Fsp3) is 0.441. The minimum Gasteiger partial charge on any atom is -0.445 e. The monoisotopic (exact) mass is 542 g/mol. The van der Waals surface area contributed by atoms with E-state index in [4.69, 9.17) is 4.74 Å². The highest BCUT2D eigenvalue weighted by Gasteiger charge is 2.42. The van der Waals surface area contributed by atoms with Gasteiger partial charge in [0.2, 0.25) is 0 Å². The van der Waals surface area contributed by atoms with Crippen molar-refractivity contribution in [3.63, 3.8) is 0 Å². The summed E-state index contributed by atoms with van der Waals surface area (Å²) >= 11 is 0. The number of rotatable bonds is 4. The number of anilines is 2. The minimum atomic E-state index is -0.191. The molecule has 4 bridgehead atoms. The van der Waals surface area contributed by atoms with Crippen molar-refractivity contribution in [1.29, 1.82) is 0 Å². The van der Waals surface area contributed by atoms with Crippen molar-refractivity contribution in [2.45, 2.75) is 71.3 Å². The van der Waals surface area contributed by atoms with Crippen molar-refractivity contribution < 1.29 is 9.53 Å². The van der Waals surface area contributed by atoms with Crippen LogP contribution in [0, 0.1) is 0 Å². The lowest BCUT2D eigenvalue weighted by Gasteiger charge is -2.42. The number of amides is 1. The molecule has 1 N–H and O–H groups in total. The SMILES string of the molecule is C.C.O=C(OCc1ccccc1)N1CC2CCC(C1)N2c1ccccc1.c1ccc(N2C3CCC2CNC3)cc1. The number of piperazine rings is 2. The molecular formula is C34H46N4O2. The molecule has 214 valence electrons. The van der Waals surface area contributed by atoms with Gasteiger partial charge in [0.15, 0.2) is 0 Å². The van der Waals surface area contributed by atoms with Gasteiger partial charge >= 0.3 is 6.09 Å². The Hall–Kier alpha value is -3.51. The van der Waals surface area contributed by atoms with Crippen LogP contribution in [0.3, 0.4) is 0 Å². The van der Waals surface area contributed by atoms with E-state index in [0.717, 1.165) is 56.7 Å². The van der Waals surface area contributed by atoms with Gasteiger partial charge in [0.1, 0.15) is 6.61 Å². The number of hydrogen-bond acceptors (Lipinski definition) is 5. The Balaban J connectivity index is 0.000000198. The van der Waals surface area contributed by atoms with Crippen molar-refractivity contribution in [2.24, 2.45) is 0 Å². The van der Waals surface area contributed by atoms with Crippen molar-refractivity contribution in [1.82, 2.24) is 10.2 Å². The third kappa shape index (κ3) is 6.44. The molecule has 0 spiro atoms. The van der Waals surface area contributed by atoms with Gasteiger partial charge in [-0.3, -0.25) is 0 Å². The summed E-state index contributed by atoms with van der Waals surface area (Å²) in [5.41, 5.74) is 3.69. The van der Waals surface area contributed by atoms with Crippen molar-refractivity contribution >= 4 is 17.5 Å². The third-order valence-electron chi connectivity index (χ3n) is 8.43. The number of nitrogens with one attached hydrogen (secondary N) is 1. The Morgan fingerprint density at radius 3 is 1.57 bits per heavy atom. The predicted octanol–water partition coefficient (Wildman–Crippen LogP) is 6.58. The van der Waals surface area contributed by atoms with Gasteiger partial charge in [-0.25, -0.2) is 4.79 Å². The zero-order valence-corrected chi connectivity index (χ0v) is 22.0. The summed E-state index contributed by atoms with van der Waals surface area (Å²) < 4.78 is 5.50. The van der Waals surface area contributed by atoms with Gasteiger partial charge in [-0.15, -0.1) is 0 Å². The summed E-state index contributed by atoms with van der Waals surface area (Å²) in [5.74, 6) is 0. The van der Waals surface area contributed by atoms with E-state index in [-0.39, 0.29) is 20.9 Å². The largest absolute Gasteiger partial charge is 0.445 e. The standard InChI is InChI=1S/C20H22N2O2.C12H16N2.2CH4/c23-20(24-15-16-7-3-1-4-8-16)21-13-18-11-12-19(14-21)22(18)17-9-5-2-6-10-17;1-2-4-10(5-3-1)14-11-6-7-12(14)9-13-8-11;;/h1-10,18-19H,11-15H2;1-5,11-13H,6-9H2;2*1H4. The van der Waals surface area contributed by atoms with Crippen molar-refractivity contribution in [3.8, 4) is 0 Å². The van der Waals surface area contributed by atoms with Crippen LogP contribution >= 0.6 is 0 Å². The molecule has 6 heteroatoms. The lowest BCUT2D eigenvalue weighted by molar-refractivity contribution is 0.0881. The second kappa shape index (κ2) is 13.7. The molecule has 0 aromatic heterocycles. The Morgan fingerprint density at radius 2 is 1.07 bits per heavy atom. The van der Waals surface area contributed by atoms with Crippen LogP contribution in [0.4, 0.5) is 16.2 Å². The topological polar surface area (TPSA) is 48.1 Å². The summed E-state index contributed by atoms with van der Waals surface area (Å²) in [6.45, 7) is 4.16. The van der Waals surface area contributed by atoms with E-state index in [2.05, 4.69) is 69.7 Å². The van der Waals surface area contributed by atoms with Crippen LogP contribution in [0.2, 0.25) is 0 Å². The molecule has 4 atom stereocenters. The average Bonchev–Trinajstić information content (AvgIpc) is 3.39. The summed E-state index contributed by atoms with van der Waals surface area (Å²) in [5, 5.41) is 3.50. The maximum Gasteiger partial charge on any atom is 0.410 e. The lowest BCUT2D eigenvalue weighted by Crippen LogP contribution is -2.55. The van der Waals surface area contributed by atoms with Gasteiger partial charge in [0.25, 0.3) is 0 Å². The first-order valence-corrected chi connectivity index (χ1v) is 14.1. The van der Waals surface area contributed by atoms with E-state index >= 15 is 0 Å². The van der Waals surface area contributed by atoms with Gasteiger partial charge in [0, 0.05) is 61.7 Å². The number of fused-ring (bicyclic) bond motifs is 4. The van der Waals surface area contributed by atoms with Gasteiger partial charge < -0.3 is 24.8 Å². The van der Waals surface area contributed by atoms with E-state index in [1.807, 2.05) is 41.3 Å². The molecule has 6 nitrogen and oxygen atoms in total. The Bertz CT molecular complexity index is 1150. The number of carbonyl (C=O) groups is 1. The molecule has 4 unspecified atom stereocenters. The number of carbonyl (C=O) groups excluding carboxylic acids is 1. The summed E-state index contributed by atoms with van der Waals surface area (Å²) in [6, 6.07) is 33.5. The number of likely N-dealkylation sites (tertiary alicyclic amines) is 1. The van der Waals surface area contributed by atoms with E-state index in [9.17, 15) is 4.79 Å². The van der Waals surface area contributed by atoms with E-state index in [1.54, 1.807) is 0 Å². The number of para-hydroxylation sites is 2. The normalized spacial score (nSPS) is 24.2. The summed E-state index contributed by atoms with van der Waals surface area (Å²) in [4.78, 5) is 19.4. The molecule has 4 fully saturated rings. The molecule has 40 heavy (non-hydrogen) atoms. The zero-order chi connectivity index (χ0) is 25.7. The highest BCUT2D eigenvalue weighted by molar-refractivity contribution is 5.69. The van der Waals surface area contributed by atoms with Crippen LogP contribution < -0.4 is 15.1 Å². The summed E-state index contributed by atoms with van der Waals surface area (Å²) in [6.07, 6.45) is 4.80. The maximum atomic E-state index is 12.4. The fourth-order valence-corrected chi connectivity index (χ4v) is 6.68. The van der Waals surface area contributed by atoms with E-state index in [1.165, 1.54) is 24.2 Å². The molecule has 0 radical (unpaired) electrons. The molecule has 4 aliphatic heterocycles. The minimum absolute atomic E-state index is 0. The molecule has 1 amide bonds. The predicted molar refractivity (Wildman–Crippen MR) is 166 cm³/mol. The first-order chi connectivity index (χ1) is 18.8. The number of ether oxygens (including phenoxy) is 1. The average molecular weight is 543 g/mol. The Kier molecular flexibility index (Phi) is 10.1. The molecule has 4 saturated heterocycles. The van der Waals surface area contributed by atoms with Crippen LogP contribution in [-0.4, -0.2) is 61.3 Å². The number of benzene rings is 3. The van der Waals surface area contributed by atoms with E-state index in [0.29, 0.717) is 18.7 Å². The van der Waals surface area contributed by atoms with Gasteiger partial charge in [0.05, 0.1) is 0 Å². The van der Waals surface area contributed by atoms with Crippen molar-refractivity contribution in [2.75, 3.05) is 36.0 Å². The quantitative estimate of drug-likeness (QED) is 0.404. The third-order valence-corrected chi connectivity index (χ3v) is 8.43. The first-order valence-electron chi connectivity index (χ1n) is 14.1. The first kappa shape index (κ1) is 29.5. The molecule has 0 saturated carbocycles. The smallest absolute Gasteiger partial charge is 0.410 e. The molecule has 3 aromatic rings. The second-order valence-electron chi connectivity index (χ2n) is 10.9. The molecule has 4 aliphatic rings. The number of hydrogen-bond donors (Lipinski definition) is 1. The van der Waals surface area contributed by atoms with Crippen LogP contribution in [0.25, 0.3) is 0 Å². The molecule has 3 aromatic carbocycles. The molecular weight excluding hydrogens is 496 g/mol. The van der Waals surface area contributed by atoms with Crippen molar-refractivity contribution in [3.05, 3.63) is 96.6 Å². The number of nitrogens with zero attached hydrogens (tertiary/aromatic N) is 3. The van der Waals surface area contributed by atoms with Crippen LogP contribution in [0.15, 0.2) is 91.0 Å². The lowest BCUT2D eigenvalue weighted by atomic mass is 10.1. The van der Waals surface area contributed by atoms with Crippen LogP contribution in [-0.2, 0) is 11.3 Å². The zero-order valence-electron chi connectivity index (χ0n) is 22.0. The molecule has 4 heterocycles.